The van der Waals surface area contributed by atoms with E-state index < -0.39 is 0 Å². The quantitative estimate of drug-likeness (QED) is 0.724. The van der Waals surface area contributed by atoms with Crippen LogP contribution in [0.2, 0.25) is 0 Å². The van der Waals surface area contributed by atoms with Crippen molar-refractivity contribution in [2.24, 2.45) is 5.92 Å². The molecule has 2 atom stereocenters. The molecule has 1 aromatic heterocycles. The molecule has 0 radical (unpaired) electrons. The van der Waals surface area contributed by atoms with Crippen LogP contribution in [0.5, 0.6) is 0 Å². The fraction of sp³-hybridized carbons (Fsp3) is 0.357. The first-order chi connectivity index (χ1) is 8.28. The highest BCUT2D eigenvalue weighted by Crippen LogP contribution is 2.54. The molecule has 2 aromatic rings. The summed E-state index contributed by atoms with van der Waals surface area (Å²) in [5, 5.41) is 10.5. The zero-order valence-electron chi connectivity index (χ0n) is 9.28. The molecule has 84 valence electrons. The zero-order valence-corrected chi connectivity index (χ0v) is 10.9. The van der Waals surface area contributed by atoms with Gasteiger partial charge < -0.3 is 4.57 Å². The van der Waals surface area contributed by atoms with Gasteiger partial charge in [0.2, 0.25) is 0 Å². The smallest absolute Gasteiger partial charge is 0.101 e. The molecule has 0 N–H and O–H groups in total. The van der Waals surface area contributed by atoms with Crippen LogP contribution in [0.25, 0.3) is 10.9 Å². The molecule has 0 spiro atoms. The van der Waals surface area contributed by atoms with Gasteiger partial charge in [-0.15, -0.1) is 0 Å². The molecule has 2 nitrogen and oxygen atoms in total. The van der Waals surface area contributed by atoms with Crippen molar-refractivity contribution in [2.75, 3.05) is 0 Å². The lowest BCUT2D eigenvalue weighted by Crippen LogP contribution is -2.09. The molecule has 0 bridgehead atoms. The predicted molar refractivity (Wildman–Crippen MR) is 69.8 cm³/mol. The molecule has 1 aromatic carbocycles. The van der Waals surface area contributed by atoms with Crippen molar-refractivity contribution in [1.82, 2.24) is 4.57 Å². The van der Waals surface area contributed by atoms with Crippen LogP contribution in [-0.4, -0.2) is 4.57 Å². The molecule has 0 amide bonds. The van der Waals surface area contributed by atoms with Gasteiger partial charge in [0.1, 0.15) is 6.07 Å². The number of aryl methyl sites for hydroxylation is 1. The molecule has 1 aliphatic heterocycles. The first-order valence-corrected chi connectivity index (χ1v) is 6.80. The van der Waals surface area contributed by atoms with Crippen LogP contribution < -0.4 is 0 Å². The third kappa shape index (κ3) is 1.25. The van der Waals surface area contributed by atoms with Gasteiger partial charge in [0.15, 0.2) is 0 Å². The lowest BCUT2D eigenvalue weighted by molar-refractivity contribution is 0.538. The first kappa shape index (κ1) is 9.73. The van der Waals surface area contributed by atoms with E-state index in [1.54, 1.807) is 0 Å². The van der Waals surface area contributed by atoms with E-state index in [1.807, 2.05) is 6.07 Å². The van der Waals surface area contributed by atoms with E-state index in [-0.39, 0.29) is 0 Å². The molecule has 3 heteroatoms. The zero-order chi connectivity index (χ0) is 11.6. The summed E-state index contributed by atoms with van der Waals surface area (Å²) < 4.78 is 3.37. The molecule has 1 saturated carbocycles. The van der Waals surface area contributed by atoms with E-state index in [0.717, 1.165) is 33.9 Å². The Hall–Kier alpha value is -1.27. The minimum Gasteiger partial charge on any atom is -0.343 e. The number of hydrogen-bond donors (Lipinski definition) is 0. The van der Waals surface area contributed by atoms with Crippen LogP contribution in [0.3, 0.4) is 0 Å². The molecule has 1 fully saturated rings. The van der Waals surface area contributed by atoms with Crippen molar-refractivity contribution in [3.63, 3.8) is 0 Å². The number of hydrogen-bond acceptors (Lipinski definition) is 1. The number of rotatable bonds is 0. The average molecular weight is 287 g/mol. The van der Waals surface area contributed by atoms with E-state index in [2.05, 4.69) is 38.7 Å². The van der Waals surface area contributed by atoms with Crippen molar-refractivity contribution >= 4 is 26.8 Å². The summed E-state index contributed by atoms with van der Waals surface area (Å²) >= 11 is 3.48. The molecular formula is C14H11BrN2. The third-order valence-electron chi connectivity index (χ3n) is 4.14. The second kappa shape index (κ2) is 3.14. The Labute approximate surface area is 108 Å². The number of halogens is 1. The fourth-order valence-electron chi connectivity index (χ4n) is 3.26. The van der Waals surface area contributed by atoms with E-state index >= 15 is 0 Å². The Morgan fingerprint density at radius 2 is 2.24 bits per heavy atom. The van der Waals surface area contributed by atoms with Crippen molar-refractivity contribution < 1.29 is 0 Å². The summed E-state index contributed by atoms with van der Waals surface area (Å²) in [5.41, 5.74) is 3.38. The highest BCUT2D eigenvalue weighted by Gasteiger charge is 2.43. The Balaban J connectivity index is 2.10. The van der Waals surface area contributed by atoms with Gasteiger partial charge >= 0.3 is 0 Å². The topological polar surface area (TPSA) is 28.7 Å². The summed E-state index contributed by atoms with van der Waals surface area (Å²) in [6.07, 6.45) is 2.63. The predicted octanol–water partition coefficient (Wildman–Crippen LogP) is 3.78. The molecule has 2 aliphatic rings. The highest BCUT2D eigenvalue weighted by molar-refractivity contribution is 9.10. The lowest BCUT2D eigenvalue weighted by Gasteiger charge is -2.15. The normalized spacial score (nSPS) is 25.2. The first-order valence-electron chi connectivity index (χ1n) is 6.00. The summed E-state index contributed by atoms with van der Waals surface area (Å²) in [7, 11) is 0. The monoisotopic (exact) mass is 286 g/mol. The SMILES string of the molecule is N#Cc1cc(Br)cc2cc3n(c12)CCC1CC31. The van der Waals surface area contributed by atoms with Gasteiger partial charge in [-0.05, 0) is 37.0 Å². The van der Waals surface area contributed by atoms with Gasteiger partial charge in [-0.2, -0.15) is 5.26 Å². The van der Waals surface area contributed by atoms with Gasteiger partial charge in [-0.1, -0.05) is 15.9 Å². The van der Waals surface area contributed by atoms with Gasteiger partial charge in [0.25, 0.3) is 0 Å². The van der Waals surface area contributed by atoms with Gasteiger partial charge in [-0.25, -0.2) is 0 Å². The maximum Gasteiger partial charge on any atom is 0.101 e. The van der Waals surface area contributed by atoms with E-state index in [9.17, 15) is 5.26 Å². The van der Waals surface area contributed by atoms with E-state index in [0.29, 0.717) is 0 Å². The summed E-state index contributed by atoms with van der Waals surface area (Å²) in [5.74, 6) is 1.68. The Bertz CT molecular complexity index is 678. The van der Waals surface area contributed by atoms with Crippen LogP contribution in [0.15, 0.2) is 22.7 Å². The van der Waals surface area contributed by atoms with Crippen molar-refractivity contribution in [3.8, 4) is 6.07 Å². The Morgan fingerprint density at radius 3 is 3.06 bits per heavy atom. The summed E-state index contributed by atoms with van der Waals surface area (Å²) in [6, 6.07) is 8.66. The number of nitrogens with zero attached hydrogens (tertiary/aromatic N) is 2. The van der Waals surface area contributed by atoms with E-state index in [1.165, 1.54) is 23.9 Å². The maximum atomic E-state index is 9.27. The molecule has 1 aliphatic carbocycles. The van der Waals surface area contributed by atoms with Crippen LogP contribution in [-0.2, 0) is 6.54 Å². The summed E-state index contributed by atoms with van der Waals surface area (Å²) in [4.78, 5) is 0. The van der Waals surface area contributed by atoms with Crippen molar-refractivity contribution in [2.45, 2.75) is 25.3 Å². The van der Waals surface area contributed by atoms with Crippen LogP contribution in [0.4, 0.5) is 0 Å². The Morgan fingerprint density at radius 1 is 1.35 bits per heavy atom. The van der Waals surface area contributed by atoms with Gasteiger partial charge in [-0.3, -0.25) is 0 Å². The lowest BCUT2D eigenvalue weighted by atomic mass is 10.1. The third-order valence-corrected chi connectivity index (χ3v) is 4.59. The van der Waals surface area contributed by atoms with Crippen LogP contribution in [0.1, 0.15) is 30.0 Å². The number of fused-ring (bicyclic) bond motifs is 5. The largest absolute Gasteiger partial charge is 0.343 e. The summed E-state index contributed by atoms with van der Waals surface area (Å²) in [6.45, 7) is 1.08. The molecule has 2 heterocycles. The number of aromatic nitrogens is 1. The van der Waals surface area contributed by atoms with Crippen LogP contribution >= 0.6 is 15.9 Å². The van der Waals surface area contributed by atoms with E-state index in [4.69, 9.17) is 0 Å². The minimum atomic E-state index is 0.765. The Kier molecular flexibility index (Phi) is 1.80. The molecule has 4 rings (SSSR count). The van der Waals surface area contributed by atoms with Crippen molar-refractivity contribution in [1.29, 1.82) is 5.26 Å². The fourth-order valence-corrected chi connectivity index (χ4v) is 3.73. The maximum absolute atomic E-state index is 9.27. The minimum absolute atomic E-state index is 0.765. The van der Waals surface area contributed by atoms with Crippen molar-refractivity contribution in [3.05, 3.63) is 33.9 Å². The van der Waals surface area contributed by atoms with Crippen LogP contribution in [0, 0.1) is 17.2 Å². The molecular weight excluding hydrogens is 276 g/mol. The second-order valence-corrected chi connectivity index (χ2v) is 6.03. The standard InChI is InChI=1S/C14H11BrN2/c15-11-3-9-6-13-12-5-8(12)1-2-17(13)14(9)10(4-11)7-16/h3-4,6,8,12H,1-2,5H2. The second-order valence-electron chi connectivity index (χ2n) is 5.11. The highest BCUT2D eigenvalue weighted by atomic mass is 79.9. The van der Waals surface area contributed by atoms with Gasteiger partial charge in [0.05, 0.1) is 11.1 Å². The molecule has 17 heavy (non-hydrogen) atoms. The molecule has 2 unspecified atom stereocenters. The average Bonchev–Trinajstić information content (AvgIpc) is 3.02. The number of nitriles is 1. The number of benzene rings is 1. The van der Waals surface area contributed by atoms with Gasteiger partial charge in [0, 0.05) is 28.0 Å². The molecule has 0 saturated heterocycles.